The van der Waals surface area contributed by atoms with Gasteiger partial charge in [-0.05, 0) is 29.8 Å². The molecule has 6 heteroatoms. The van der Waals surface area contributed by atoms with Crippen molar-refractivity contribution in [2.75, 3.05) is 6.54 Å². The van der Waals surface area contributed by atoms with Gasteiger partial charge >= 0.3 is 5.91 Å². The number of hydroxylamine groups is 1. The SMILES string of the molecule is O=C(NO)c1ccc(-c2ccc(CNCCc3ccccn3)cc2)o1. The van der Waals surface area contributed by atoms with Crippen molar-refractivity contribution in [3.63, 3.8) is 0 Å². The van der Waals surface area contributed by atoms with E-state index in [4.69, 9.17) is 9.62 Å². The third-order valence-corrected chi connectivity index (χ3v) is 3.78. The summed E-state index contributed by atoms with van der Waals surface area (Å²) in [7, 11) is 0. The number of nitrogens with one attached hydrogen (secondary N) is 2. The Morgan fingerprint density at radius 2 is 1.92 bits per heavy atom. The van der Waals surface area contributed by atoms with Crippen LogP contribution in [0.2, 0.25) is 0 Å². The highest BCUT2D eigenvalue weighted by molar-refractivity contribution is 5.91. The van der Waals surface area contributed by atoms with Crippen LogP contribution in [-0.2, 0) is 13.0 Å². The van der Waals surface area contributed by atoms with Gasteiger partial charge in [0.1, 0.15) is 5.76 Å². The van der Waals surface area contributed by atoms with Crippen LogP contribution < -0.4 is 10.8 Å². The number of furan rings is 1. The van der Waals surface area contributed by atoms with Gasteiger partial charge < -0.3 is 9.73 Å². The van der Waals surface area contributed by atoms with Crippen LogP contribution in [-0.4, -0.2) is 22.6 Å². The summed E-state index contributed by atoms with van der Waals surface area (Å²) >= 11 is 0. The summed E-state index contributed by atoms with van der Waals surface area (Å²) in [5, 5.41) is 12.0. The largest absolute Gasteiger partial charge is 0.451 e. The van der Waals surface area contributed by atoms with E-state index in [0.29, 0.717) is 5.76 Å². The zero-order valence-corrected chi connectivity index (χ0v) is 13.6. The van der Waals surface area contributed by atoms with Crippen molar-refractivity contribution in [2.24, 2.45) is 0 Å². The topological polar surface area (TPSA) is 87.4 Å². The molecule has 128 valence electrons. The molecule has 0 atom stereocenters. The lowest BCUT2D eigenvalue weighted by Crippen LogP contribution is -2.17. The first-order chi connectivity index (χ1) is 12.3. The van der Waals surface area contributed by atoms with Crippen LogP contribution in [0.5, 0.6) is 0 Å². The van der Waals surface area contributed by atoms with Crippen LogP contribution >= 0.6 is 0 Å². The van der Waals surface area contributed by atoms with Crippen LogP contribution in [0.1, 0.15) is 21.8 Å². The van der Waals surface area contributed by atoms with Crippen molar-refractivity contribution in [1.82, 2.24) is 15.8 Å². The van der Waals surface area contributed by atoms with E-state index in [2.05, 4.69) is 10.3 Å². The maximum Gasteiger partial charge on any atom is 0.310 e. The molecule has 0 saturated heterocycles. The minimum atomic E-state index is -0.667. The summed E-state index contributed by atoms with van der Waals surface area (Å²) in [4.78, 5) is 15.6. The van der Waals surface area contributed by atoms with Crippen molar-refractivity contribution < 1.29 is 14.4 Å². The molecule has 0 aliphatic carbocycles. The molecule has 0 unspecified atom stereocenters. The molecular weight excluding hydrogens is 318 g/mol. The van der Waals surface area contributed by atoms with Gasteiger partial charge in [-0.2, -0.15) is 0 Å². The minimum absolute atomic E-state index is 0.0674. The second kappa shape index (κ2) is 8.23. The van der Waals surface area contributed by atoms with Crippen molar-refractivity contribution in [3.05, 3.63) is 77.8 Å². The average molecular weight is 337 g/mol. The molecule has 3 rings (SSSR count). The second-order valence-corrected chi connectivity index (χ2v) is 5.55. The van der Waals surface area contributed by atoms with Crippen molar-refractivity contribution in [3.8, 4) is 11.3 Å². The number of carbonyl (C=O) groups excluding carboxylic acids is 1. The zero-order valence-electron chi connectivity index (χ0n) is 13.6. The van der Waals surface area contributed by atoms with Gasteiger partial charge in [0.15, 0.2) is 5.76 Å². The Kier molecular flexibility index (Phi) is 5.56. The highest BCUT2D eigenvalue weighted by Gasteiger charge is 2.11. The number of nitrogens with zero attached hydrogens (tertiary/aromatic N) is 1. The summed E-state index contributed by atoms with van der Waals surface area (Å²) in [6, 6.07) is 17.0. The molecule has 2 heterocycles. The first-order valence-electron chi connectivity index (χ1n) is 8.00. The number of carbonyl (C=O) groups is 1. The Morgan fingerprint density at radius 1 is 1.08 bits per heavy atom. The zero-order chi connectivity index (χ0) is 17.5. The fourth-order valence-corrected chi connectivity index (χ4v) is 2.45. The number of amides is 1. The van der Waals surface area contributed by atoms with Crippen LogP contribution in [0.15, 0.2) is 65.2 Å². The molecule has 25 heavy (non-hydrogen) atoms. The summed E-state index contributed by atoms with van der Waals surface area (Å²) in [5.41, 5.74) is 4.65. The fraction of sp³-hybridized carbons (Fsp3) is 0.158. The molecule has 0 saturated carbocycles. The Balaban J connectivity index is 1.52. The molecule has 0 bridgehead atoms. The average Bonchev–Trinajstić information content (AvgIpc) is 3.16. The minimum Gasteiger partial charge on any atom is -0.451 e. The normalized spacial score (nSPS) is 10.6. The monoisotopic (exact) mass is 337 g/mol. The van der Waals surface area contributed by atoms with Gasteiger partial charge in [0.25, 0.3) is 0 Å². The number of hydrogen-bond acceptors (Lipinski definition) is 5. The molecule has 0 aliphatic rings. The van der Waals surface area contributed by atoms with E-state index in [1.54, 1.807) is 17.7 Å². The summed E-state index contributed by atoms with van der Waals surface area (Å²) in [6.45, 7) is 1.63. The van der Waals surface area contributed by atoms with Gasteiger partial charge in [-0.25, -0.2) is 5.48 Å². The van der Waals surface area contributed by atoms with Crippen LogP contribution in [0, 0.1) is 0 Å². The molecule has 0 spiro atoms. The first kappa shape index (κ1) is 16.9. The van der Waals surface area contributed by atoms with Gasteiger partial charge in [0.05, 0.1) is 0 Å². The Morgan fingerprint density at radius 3 is 2.64 bits per heavy atom. The lowest BCUT2D eigenvalue weighted by molar-refractivity contribution is 0.0677. The van der Waals surface area contributed by atoms with Crippen LogP contribution in [0.4, 0.5) is 0 Å². The maximum atomic E-state index is 11.3. The van der Waals surface area contributed by atoms with E-state index in [1.807, 2.05) is 42.5 Å². The Bertz CT molecular complexity index is 813. The third kappa shape index (κ3) is 4.53. The molecule has 2 aromatic heterocycles. The fourth-order valence-electron chi connectivity index (χ4n) is 2.45. The molecule has 3 N–H and O–H groups in total. The van der Waals surface area contributed by atoms with E-state index >= 15 is 0 Å². The molecule has 6 nitrogen and oxygen atoms in total. The summed E-state index contributed by atoms with van der Waals surface area (Å²) < 4.78 is 5.42. The summed E-state index contributed by atoms with van der Waals surface area (Å²) in [5.74, 6) is -0.0222. The number of aromatic nitrogens is 1. The van der Waals surface area contributed by atoms with Gasteiger partial charge in [-0.1, -0.05) is 30.3 Å². The van der Waals surface area contributed by atoms with Crippen molar-refractivity contribution in [2.45, 2.75) is 13.0 Å². The number of pyridine rings is 1. The third-order valence-electron chi connectivity index (χ3n) is 3.78. The van der Waals surface area contributed by atoms with E-state index in [-0.39, 0.29) is 5.76 Å². The summed E-state index contributed by atoms with van der Waals surface area (Å²) in [6.07, 6.45) is 2.69. The number of benzene rings is 1. The van der Waals surface area contributed by atoms with Gasteiger partial charge in [0.2, 0.25) is 0 Å². The smallest absolute Gasteiger partial charge is 0.310 e. The highest BCUT2D eigenvalue weighted by Crippen LogP contribution is 2.22. The van der Waals surface area contributed by atoms with E-state index in [1.165, 1.54) is 6.07 Å². The lowest BCUT2D eigenvalue weighted by atomic mass is 10.1. The molecular formula is C19H19N3O3. The van der Waals surface area contributed by atoms with E-state index in [9.17, 15) is 4.79 Å². The first-order valence-corrected chi connectivity index (χ1v) is 8.00. The molecule has 0 radical (unpaired) electrons. The molecule has 0 fully saturated rings. The van der Waals surface area contributed by atoms with Crippen molar-refractivity contribution >= 4 is 5.91 Å². The second-order valence-electron chi connectivity index (χ2n) is 5.55. The molecule has 1 aromatic carbocycles. The van der Waals surface area contributed by atoms with Crippen molar-refractivity contribution in [1.29, 1.82) is 0 Å². The van der Waals surface area contributed by atoms with Crippen LogP contribution in [0.25, 0.3) is 11.3 Å². The predicted octanol–water partition coefficient (Wildman–Crippen LogP) is 2.79. The van der Waals surface area contributed by atoms with Gasteiger partial charge in [0, 0.05) is 37.0 Å². The standard InChI is InChI=1S/C19H19N3O3/c23-19(22-24)18-9-8-17(25-18)15-6-4-14(5-7-15)13-20-12-10-16-3-1-2-11-21-16/h1-9,11,20,24H,10,12-13H2,(H,22,23). The molecule has 0 aliphatic heterocycles. The Labute approximate surface area is 145 Å². The van der Waals surface area contributed by atoms with E-state index in [0.717, 1.165) is 36.3 Å². The number of hydrogen-bond donors (Lipinski definition) is 3. The molecule has 3 aromatic rings. The predicted molar refractivity (Wildman–Crippen MR) is 93.0 cm³/mol. The Hall–Kier alpha value is -2.96. The van der Waals surface area contributed by atoms with Crippen LogP contribution in [0.3, 0.4) is 0 Å². The number of rotatable bonds is 7. The van der Waals surface area contributed by atoms with E-state index < -0.39 is 5.91 Å². The quantitative estimate of drug-likeness (QED) is 0.350. The highest BCUT2D eigenvalue weighted by atomic mass is 16.5. The molecule has 1 amide bonds. The lowest BCUT2D eigenvalue weighted by Gasteiger charge is -2.05. The van der Waals surface area contributed by atoms with Gasteiger partial charge in [-0.15, -0.1) is 0 Å². The van der Waals surface area contributed by atoms with Gasteiger partial charge in [-0.3, -0.25) is 15.0 Å². The maximum absolute atomic E-state index is 11.3.